The number of ether oxygens (including phenoxy) is 2. The zero-order chi connectivity index (χ0) is 14.8. The second-order valence-corrected chi connectivity index (χ2v) is 4.07. The molecule has 0 bridgehead atoms. The molecule has 0 radical (unpaired) electrons. The lowest BCUT2D eigenvalue weighted by atomic mass is 10.1. The highest BCUT2D eigenvalue weighted by molar-refractivity contribution is 5.96. The number of hydrogen-bond acceptors (Lipinski definition) is 4. The van der Waals surface area contributed by atoms with Gasteiger partial charge >= 0.3 is 0 Å². The van der Waals surface area contributed by atoms with Crippen LogP contribution in [0.25, 0.3) is 0 Å². The van der Waals surface area contributed by atoms with Crippen molar-refractivity contribution in [3.8, 4) is 11.8 Å². The Morgan fingerprint density at radius 3 is 2.80 bits per heavy atom. The van der Waals surface area contributed by atoms with Crippen molar-refractivity contribution in [2.75, 3.05) is 33.9 Å². The molecule has 1 atom stereocenters. The Kier molecular flexibility index (Phi) is 7.36. The van der Waals surface area contributed by atoms with Crippen LogP contribution in [-0.4, -0.2) is 45.9 Å². The molecule has 20 heavy (non-hydrogen) atoms. The van der Waals surface area contributed by atoms with Crippen LogP contribution in [0.15, 0.2) is 24.3 Å². The fraction of sp³-hybridized carbons (Fsp3) is 0.400. The number of amides is 1. The lowest BCUT2D eigenvalue weighted by molar-refractivity contribution is 0.0285. The average Bonchev–Trinajstić information content (AvgIpc) is 2.49. The zero-order valence-corrected chi connectivity index (χ0v) is 11.8. The standard InChI is InChI=1S/C15H20N2O3/c1-19-11-13(20-2)10-17-15(18)14-8-4-3-6-12(14)7-5-9-16/h3-4,6,8,13H,9-11,16H2,1-2H3,(H,17,18). The van der Waals surface area contributed by atoms with Gasteiger partial charge in [0, 0.05) is 26.3 Å². The second-order valence-electron chi connectivity index (χ2n) is 4.07. The van der Waals surface area contributed by atoms with E-state index in [-0.39, 0.29) is 18.6 Å². The molecule has 1 aromatic rings. The largest absolute Gasteiger partial charge is 0.382 e. The van der Waals surface area contributed by atoms with Gasteiger partial charge in [0.1, 0.15) is 0 Å². The van der Waals surface area contributed by atoms with Crippen LogP contribution in [0.5, 0.6) is 0 Å². The van der Waals surface area contributed by atoms with Crippen molar-refractivity contribution >= 4 is 5.91 Å². The first-order chi connectivity index (χ1) is 9.72. The summed E-state index contributed by atoms with van der Waals surface area (Å²) in [5, 5.41) is 2.81. The maximum absolute atomic E-state index is 12.1. The molecule has 1 unspecified atom stereocenters. The summed E-state index contributed by atoms with van der Waals surface area (Å²) >= 11 is 0. The van der Waals surface area contributed by atoms with E-state index < -0.39 is 0 Å². The van der Waals surface area contributed by atoms with Gasteiger partial charge < -0.3 is 20.5 Å². The van der Waals surface area contributed by atoms with Crippen molar-refractivity contribution in [2.24, 2.45) is 5.73 Å². The van der Waals surface area contributed by atoms with Crippen LogP contribution in [0, 0.1) is 11.8 Å². The Hall–Kier alpha value is -1.87. The minimum Gasteiger partial charge on any atom is -0.382 e. The molecule has 1 rings (SSSR count). The fourth-order valence-electron chi connectivity index (χ4n) is 1.63. The van der Waals surface area contributed by atoms with Crippen LogP contribution in [0.1, 0.15) is 15.9 Å². The van der Waals surface area contributed by atoms with Crippen LogP contribution in [0.2, 0.25) is 0 Å². The number of benzene rings is 1. The van der Waals surface area contributed by atoms with Crippen molar-refractivity contribution in [1.29, 1.82) is 0 Å². The SMILES string of the molecule is COCC(CNC(=O)c1ccccc1C#CCN)OC. The number of carbonyl (C=O) groups is 1. The summed E-state index contributed by atoms with van der Waals surface area (Å²) in [6.45, 7) is 1.06. The predicted molar refractivity (Wildman–Crippen MR) is 77.4 cm³/mol. The van der Waals surface area contributed by atoms with E-state index in [0.717, 1.165) is 0 Å². The van der Waals surface area contributed by atoms with Gasteiger partial charge in [-0.2, -0.15) is 0 Å². The zero-order valence-electron chi connectivity index (χ0n) is 11.8. The van der Waals surface area contributed by atoms with Gasteiger partial charge in [-0.05, 0) is 12.1 Å². The van der Waals surface area contributed by atoms with Crippen LogP contribution in [0.3, 0.4) is 0 Å². The number of hydrogen-bond donors (Lipinski definition) is 2. The van der Waals surface area contributed by atoms with Crippen LogP contribution < -0.4 is 11.1 Å². The Balaban J connectivity index is 2.72. The molecule has 0 heterocycles. The monoisotopic (exact) mass is 276 g/mol. The first-order valence-corrected chi connectivity index (χ1v) is 6.30. The molecule has 5 heteroatoms. The fourth-order valence-corrected chi connectivity index (χ4v) is 1.63. The van der Waals surface area contributed by atoms with E-state index in [9.17, 15) is 4.79 Å². The molecule has 1 amide bonds. The molecule has 0 aliphatic carbocycles. The van der Waals surface area contributed by atoms with E-state index in [2.05, 4.69) is 17.2 Å². The van der Waals surface area contributed by atoms with E-state index in [1.807, 2.05) is 6.07 Å². The quantitative estimate of drug-likeness (QED) is 0.737. The highest BCUT2D eigenvalue weighted by Gasteiger charge is 2.12. The minimum absolute atomic E-state index is 0.175. The molecule has 0 aliphatic rings. The average molecular weight is 276 g/mol. The summed E-state index contributed by atoms with van der Waals surface area (Å²) < 4.78 is 10.2. The number of nitrogens with one attached hydrogen (secondary N) is 1. The summed E-state index contributed by atoms with van der Waals surface area (Å²) in [6, 6.07) is 7.15. The Labute approximate surface area is 119 Å². The molecule has 0 spiro atoms. The van der Waals surface area contributed by atoms with Gasteiger partial charge in [0.25, 0.3) is 5.91 Å². The van der Waals surface area contributed by atoms with Crippen LogP contribution >= 0.6 is 0 Å². The third kappa shape index (κ3) is 5.02. The molecule has 3 N–H and O–H groups in total. The third-order valence-electron chi connectivity index (χ3n) is 2.67. The topological polar surface area (TPSA) is 73.6 Å². The summed E-state index contributed by atoms with van der Waals surface area (Å²) in [7, 11) is 3.17. The lowest BCUT2D eigenvalue weighted by Gasteiger charge is -2.15. The summed E-state index contributed by atoms with van der Waals surface area (Å²) in [5.74, 6) is 5.45. The molecule has 0 aliphatic heterocycles. The summed E-state index contributed by atoms with van der Waals surface area (Å²) in [6.07, 6.45) is -0.175. The molecule has 0 fully saturated rings. The highest BCUT2D eigenvalue weighted by atomic mass is 16.5. The predicted octanol–water partition coefficient (Wildman–Crippen LogP) is 0.388. The highest BCUT2D eigenvalue weighted by Crippen LogP contribution is 2.07. The molecule has 5 nitrogen and oxygen atoms in total. The maximum Gasteiger partial charge on any atom is 0.252 e. The van der Waals surface area contributed by atoms with Crippen molar-refractivity contribution in [3.05, 3.63) is 35.4 Å². The summed E-state index contributed by atoms with van der Waals surface area (Å²) in [5.41, 5.74) is 6.54. The van der Waals surface area contributed by atoms with Crippen molar-refractivity contribution in [2.45, 2.75) is 6.10 Å². The Morgan fingerprint density at radius 2 is 2.15 bits per heavy atom. The van der Waals surface area contributed by atoms with Gasteiger partial charge in [-0.15, -0.1) is 0 Å². The minimum atomic E-state index is -0.190. The number of carbonyl (C=O) groups excluding carboxylic acids is 1. The third-order valence-corrected chi connectivity index (χ3v) is 2.67. The Morgan fingerprint density at radius 1 is 1.40 bits per heavy atom. The van der Waals surface area contributed by atoms with Gasteiger partial charge in [-0.3, -0.25) is 4.79 Å². The van der Waals surface area contributed by atoms with Gasteiger partial charge in [0.15, 0.2) is 0 Å². The molecular formula is C15H20N2O3. The Bertz CT molecular complexity index is 491. The second kappa shape index (κ2) is 9.10. The number of rotatable bonds is 6. The van der Waals surface area contributed by atoms with Crippen LogP contribution in [-0.2, 0) is 9.47 Å². The molecular weight excluding hydrogens is 256 g/mol. The van der Waals surface area contributed by atoms with Gasteiger partial charge in [-0.1, -0.05) is 24.0 Å². The van der Waals surface area contributed by atoms with Gasteiger partial charge in [0.05, 0.1) is 24.8 Å². The van der Waals surface area contributed by atoms with E-state index >= 15 is 0 Å². The molecule has 0 aromatic heterocycles. The number of nitrogens with two attached hydrogens (primary N) is 1. The first kappa shape index (κ1) is 16.2. The van der Waals surface area contributed by atoms with Crippen molar-refractivity contribution < 1.29 is 14.3 Å². The van der Waals surface area contributed by atoms with Crippen LogP contribution in [0.4, 0.5) is 0 Å². The van der Waals surface area contributed by atoms with Crippen molar-refractivity contribution in [3.63, 3.8) is 0 Å². The maximum atomic E-state index is 12.1. The van der Waals surface area contributed by atoms with Crippen molar-refractivity contribution in [1.82, 2.24) is 5.32 Å². The van der Waals surface area contributed by atoms with Gasteiger partial charge in [-0.25, -0.2) is 0 Å². The smallest absolute Gasteiger partial charge is 0.252 e. The van der Waals surface area contributed by atoms with E-state index in [1.165, 1.54) is 0 Å². The molecule has 0 saturated carbocycles. The van der Waals surface area contributed by atoms with E-state index in [4.69, 9.17) is 15.2 Å². The number of methoxy groups -OCH3 is 2. The first-order valence-electron chi connectivity index (χ1n) is 6.30. The molecule has 1 aromatic carbocycles. The van der Waals surface area contributed by atoms with Gasteiger partial charge in [0.2, 0.25) is 0 Å². The van der Waals surface area contributed by atoms with E-state index in [1.54, 1.807) is 32.4 Å². The lowest BCUT2D eigenvalue weighted by Crippen LogP contribution is -2.35. The molecule has 108 valence electrons. The normalized spacial score (nSPS) is 11.3. The van der Waals surface area contributed by atoms with E-state index in [0.29, 0.717) is 24.3 Å². The molecule has 0 saturated heterocycles. The summed E-state index contributed by atoms with van der Waals surface area (Å²) in [4.78, 5) is 12.1.